The lowest BCUT2D eigenvalue weighted by atomic mass is 10.1. The summed E-state index contributed by atoms with van der Waals surface area (Å²) in [5, 5.41) is 20.6. The predicted octanol–water partition coefficient (Wildman–Crippen LogP) is -0.762. The summed E-state index contributed by atoms with van der Waals surface area (Å²) in [4.78, 5) is 20.6. The average Bonchev–Trinajstić information content (AvgIpc) is 3.22. The van der Waals surface area contributed by atoms with Crippen LogP contribution in [-0.4, -0.2) is 21.1 Å². The van der Waals surface area contributed by atoms with Gasteiger partial charge in [0.15, 0.2) is 0 Å². The zero-order valence-corrected chi connectivity index (χ0v) is 18.5. The summed E-state index contributed by atoms with van der Waals surface area (Å²) in [6, 6.07) is 5.14. The smallest absolute Gasteiger partial charge is 0.255 e. The number of rotatable bonds is 4. The average molecular weight is 415 g/mol. The standard InChI is InChI=1S/C8H6O4.2C7H13N2/c9-7(10)5-3-1-2-4-6(5)8(11)12;2*1-4-7-8(2)5-6-9(7)3/h1-4H,(H,9,10)(H,11,12);2*5-6H,4H2,1-3H3/q;2*+1/p-2. The van der Waals surface area contributed by atoms with Gasteiger partial charge in [-0.3, -0.25) is 0 Å². The third-order valence-corrected chi connectivity index (χ3v) is 4.66. The fraction of sp³-hybridized carbons (Fsp3) is 0.364. The number of hydrogen-bond acceptors (Lipinski definition) is 4. The van der Waals surface area contributed by atoms with E-state index in [-0.39, 0.29) is 11.1 Å². The number of benzene rings is 1. The first-order valence-electron chi connectivity index (χ1n) is 9.65. The Morgan fingerprint density at radius 2 is 1.13 bits per heavy atom. The number of carboxylic acid groups (broad SMARTS) is 2. The SMILES string of the molecule is CCc1n(C)cc[n+]1C.CCc1n(C)cc[n+]1C.O=C([O-])c1ccccc1C(=O)[O-]. The number of carboxylic acids is 2. The lowest BCUT2D eigenvalue weighted by Crippen LogP contribution is -2.31. The Bertz CT molecular complexity index is 871. The molecule has 3 rings (SSSR count). The van der Waals surface area contributed by atoms with E-state index in [9.17, 15) is 19.8 Å². The Balaban J connectivity index is 0.000000229. The number of carbonyl (C=O) groups is 2. The van der Waals surface area contributed by atoms with Gasteiger partial charge in [0, 0.05) is 24.0 Å². The lowest BCUT2D eigenvalue weighted by molar-refractivity contribution is -0.678. The van der Waals surface area contributed by atoms with Gasteiger partial charge in [-0.05, 0) is 0 Å². The van der Waals surface area contributed by atoms with Gasteiger partial charge in [-0.2, -0.15) is 0 Å². The highest BCUT2D eigenvalue weighted by molar-refractivity contribution is 5.99. The molecule has 0 spiro atoms. The van der Waals surface area contributed by atoms with E-state index in [1.807, 2.05) is 0 Å². The third-order valence-electron chi connectivity index (χ3n) is 4.66. The third kappa shape index (κ3) is 6.58. The van der Waals surface area contributed by atoms with E-state index in [1.165, 1.54) is 23.8 Å². The topological polar surface area (TPSA) is 97.9 Å². The first-order chi connectivity index (χ1) is 14.1. The molecule has 0 aliphatic rings. The minimum absolute atomic E-state index is 0.363. The Labute approximate surface area is 177 Å². The van der Waals surface area contributed by atoms with Crippen molar-refractivity contribution in [3.63, 3.8) is 0 Å². The van der Waals surface area contributed by atoms with Crippen molar-refractivity contribution in [3.8, 4) is 0 Å². The molecule has 2 heterocycles. The van der Waals surface area contributed by atoms with Crippen LogP contribution in [0.25, 0.3) is 0 Å². The van der Waals surface area contributed by atoms with Crippen molar-refractivity contribution in [2.45, 2.75) is 26.7 Å². The molecule has 162 valence electrons. The number of hydrogen-bond donors (Lipinski definition) is 0. The summed E-state index contributed by atoms with van der Waals surface area (Å²) >= 11 is 0. The first kappa shape index (κ1) is 24.6. The van der Waals surface area contributed by atoms with Gasteiger partial charge in [0.2, 0.25) is 0 Å². The molecule has 8 nitrogen and oxygen atoms in total. The fourth-order valence-electron chi connectivity index (χ4n) is 3.08. The molecule has 0 atom stereocenters. The van der Waals surface area contributed by atoms with Crippen LogP contribution in [0.1, 0.15) is 46.2 Å². The van der Waals surface area contributed by atoms with E-state index in [1.54, 1.807) is 0 Å². The molecule has 0 aliphatic carbocycles. The van der Waals surface area contributed by atoms with Gasteiger partial charge in [-0.1, -0.05) is 38.1 Å². The van der Waals surface area contributed by atoms with Crippen molar-refractivity contribution < 1.29 is 28.9 Å². The summed E-state index contributed by atoms with van der Waals surface area (Å²) in [7, 11) is 8.27. The summed E-state index contributed by atoms with van der Waals surface area (Å²) < 4.78 is 8.56. The van der Waals surface area contributed by atoms with E-state index in [2.05, 4.69) is 85.1 Å². The fourth-order valence-corrected chi connectivity index (χ4v) is 3.08. The van der Waals surface area contributed by atoms with Crippen LogP contribution in [0.3, 0.4) is 0 Å². The Hall–Kier alpha value is -3.42. The van der Waals surface area contributed by atoms with Gasteiger partial charge in [0.05, 0.1) is 40.1 Å². The van der Waals surface area contributed by atoms with Crippen molar-refractivity contribution in [1.29, 1.82) is 0 Å². The van der Waals surface area contributed by atoms with Gasteiger partial charge in [-0.15, -0.1) is 0 Å². The summed E-state index contributed by atoms with van der Waals surface area (Å²) in [6.07, 6.45) is 10.5. The lowest BCUT2D eigenvalue weighted by Gasteiger charge is -2.09. The van der Waals surface area contributed by atoms with Crippen molar-refractivity contribution in [2.24, 2.45) is 28.2 Å². The predicted molar refractivity (Wildman–Crippen MR) is 107 cm³/mol. The second-order valence-electron chi connectivity index (χ2n) is 6.70. The number of aromatic carboxylic acids is 2. The van der Waals surface area contributed by atoms with Crippen LogP contribution in [-0.2, 0) is 41.0 Å². The number of imidazole rings is 2. The minimum atomic E-state index is -1.52. The Morgan fingerprint density at radius 3 is 1.30 bits per heavy atom. The number of carbonyl (C=O) groups excluding carboxylic acids is 2. The molecule has 0 radical (unpaired) electrons. The molecule has 2 aromatic heterocycles. The molecule has 0 saturated carbocycles. The second kappa shape index (κ2) is 11.5. The number of aryl methyl sites for hydroxylation is 4. The van der Waals surface area contributed by atoms with Gasteiger partial charge in [0.25, 0.3) is 11.6 Å². The van der Waals surface area contributed by atoms with Gasteiger partial charge in [0.1, 0.15) is 24.8 Å². The molecular weight excluding hydrogens is 384 g/mol. The van der Waals surface area contributed by atoms with Crippen LogP contribution in [0.15, 0.2) is 49.1 Å². The van der Waals surface area contributed by atoms with Crippen LogP contribution in [0, 0.1) is 0 Å². The van der Waals surface area contributed by atoms with Crippen LogP contribution < -0.4 is 19.3 Å². The van der Waals surface area contributed by atoms with Gasteiger partial charge < -0.3 is 19.8 Å². The molecular formula is C22H30N4O4. The van der Waals surface area contributed by atoms with Crippen molar-refractivity contribution >= 4 is 11.9 Å². The first-order valence-corrected chi connectivity index (χ1v) is 9.65. The normalized spacial score (nSPS) is 9.80. The molecule has 1 aromatic carbocycles. The van der Waals surface area contributed by atoms with Crippen molar-refractivity contribution in [1.82, 2.24) is 9.13 Å². The van der Waals surface area contributed by atoms with Gasteiger partial charge in [-0.25, -0.2) is 18.3 Å². The Kier molecular flexibility index (Phi) is 9.48. The molecule has 0 amide bonds. The molecule has 0 aliphatic heterocycles. The minimum Gasteiger partial charge on any atom is -0.545 e. The van der Waals surface area contributed by atoms with E-state index < -0.39 is 11.9 Å². The molecule has 0 unspecified atom stereocenters. The van der Waals surface area contributed by atoms with Crippen molar-refractivity contribution in [3.05, 3.63) is 71.8 Å². The van der Waals surface area contributed by atoms with E-state index in [4.69, 9.17) is 0 Å². The highest BCUT2D eigenvalue weighted by Crippen LogP contribution is 2.05. The monoisotopic (exact) mass is 414 g/mol. The van der Waals surface area contributed by atoms with E-state index in [0.717, 1.165) is 25.0 Å². The van der Waals surface area contributed by atoms with Gasteiger partial charge >= 0.3 is 0 Å². The van der Waals surface area contributed by atoms with Crippen molar-refractivity contribution in [2.75, 3.05) is 0 Å². The maximum Gasteiger partial charge on any atom is 0.255 e. The van der Waals surface area contributed by atoms with Crippen LogP contribution in [0.2, 0.25) is 0 Å². The highest BCUT2D eigenvalue weighted by Gasteiger charge is 2.06. The maximum atomic E-state index is 10.3. The quantitative estimate of drug-likeness (QED) is 0.524. The molecule has 0 N–H and O–H groups in total. The molecule has 3 aromatic rings. The number of nitrogens with zero attached hydrogens (tertiary/aromatic N) is 4. The van der Waals surface area contributed by atoms with Crippen LogP contribution in [0.4, 0.5) is 0 Å². The highest BCUT2D eigenvalue weighted by atomic mass is 16.4. The van der Waals surface area contributed by atoms with E-state index in [0.29, 0.717) is 0 Å². The summed E-state index contributed by atoms with van der Waals surface area (Å²) in [5.74, 6) is -0.324. The zero-order chi connectivity index (χ0) is 22.8. The van der Waals surface area contributed by atoms with Crippen LogP contribution in [0.5, 0.6) is 0 Å². The second-order valence-corrected chi connectivity index (χ2v) is 6.70. The largest absolute Gasteiger partial charge is 0.545 e. The molecule has 8 heteroatoms. The van der Waals surface area contributed by atoms with E-state index >= 15 is 0 Å². The molecule has 0 fully saturated rings. The summed E-state index contributed by atoms with van der Waals surface area (Å²) in [6.45, 7) is 4.32. The maximum absolute atomic E-state index is 10.3. The molecule has 0 saturated heterocycles. The summed E-state index contributed by atoms with van der Waals surface area (Å²) in [5.41, 5.74) is -0.727. The molecule has 0 bridgehead atoms. The zero-order valence-electron chi connectivity index (χ0n) is 18.5. The van der Waals surface area contributed by atoms with Crippen LogP contribution >= 0.6 is 0 Å². The molecule has 30 heavy (non-hydrogen) atoms. The number of aromatic nitrogens is 4. The Morgan fingerprint density at radius 1 is 0.800 bits per heavy atom.